The third-order valence-corrected chi connectivity index (χ3v) is 4.77. The molecule has 1 aromatic carbocycles. The van der Waals surface area contributed by atoms with Gasteiger partial charge in [0.15, 0.2) is 0 Å². The minimum atomic E-state index is -0.539. The number of nitrogens with zero attached hydrogens (tertiary/aromatic N) is 2. The summed E-state index contributed by atoms with van der Waals surface area (Å²) in [4.78, 5) is 14.9. The Morgan fingerprint density at radius 2 is 2.12 bits per heavy atom. The number of benzene rings is 1. The van der Waals surface area contributed by atoms with E-state index in [1.165, 1.54) is 31.4 Å². The van der Waals surface area contributed by atoms with Gasteiger partial charge in [0.2, 0.25) is 0 Å². The van der Waals surface area contributed by atoms with E-state index in [2.05, 4.69) is 15.4 Å². The fourth-order valence-electron chi connectivity index (χ4n) is 3.13. The number of hydrogen-bond donors (Lipinski definition) is 1. The van der Waals surface area contributed by atoms with Gasteiger partial charge in [0.25, 0.3) is 5.91 Å². The van der Waals surface area contributed by atoms with Crippen molar-refractivity contribution < 1.29 is 13.7 Å². The Kier molecular flexibility index (Phi) is 5.71. The Hall–Kier alpha value is -1.92. The molecule has 2 heterocycles. The van der Waals surface area contributed by atoms with Gasteiger partial charge in [-0.1, -0.05) is 29.2 Å². The maximum Gasteiger partial charge on any atom is 0.257 e. The first-order chi connectivity index (χ1) is 12.1. The third-order valence-electron chi connectivity index (χ3n) is 4.45. The summed E-state index contributed by atoms with van der Waals surface area (Å²) in [6.07, 6.45) is 3.68. The second kappa shape index (κ2) is 7.97. The maximum absolute atomic E-state index is 14.2. The zero-order valence-corrected chi connectivity index (χ0v) is 14.9. The molecule has 0 atom stereocenters. The van der Waals surface area contributed by atoms with Crippen molar-refractivity contribution in [2.45, 2.75) is 26.2 Å². The first-order valence-corrected chi connectivity index (χ1v) is 8.87. The molecule has 134 valence electrons. The maximum atomic E-state index is 14.2. The van der Waals surface area contributed by atoms with E-state index < -0.39 is 5.82 Å². The van der Waals surface area contributed by atoms with Crippen molar-refractivity contribution >= 4 is 17.5 Å². The number of carbonyl (C=O) groups excluding carboxylic acids is 1. The number of carbonyl (C=O) groups is 1. The molecule has 1 aromatic heterocycles. The number of amides is 1. The number of likely N-dealkylation sites (tertiary alicyclic amines) is 1. The van der Waals surface area contributed by atoms with E-state index in [0.717, 1.165) is 19.6 Å². The van der Waals surface area contributed by atoms with Gasteiger partial charge in [-0.25, -0.2) is 4.39 Å². The van der Waals surface area contributed by atoms with Gasteiger partial charge < -0.3 is 14.7 Å². The number of rotatable bonds is 5. The van der Waals surface area contributed by atoms with Crippen LogP contribution in [0.1, 0.15) is 35.4 Å². The van der Waals surface area contributed by atoms with Crippen LogP contribution < -0.4 is 5.32 Å². The predicted molar refractivity (Wildman–Crippen MR) is 94.3 cm³/mol. The summed E-state index contributed by atoms with van der Waals surface area (Å²) in [6, 6.07) is 4.35. The van der Waals surface area contributed by atoms with Gasteiger partial charge in [0.1, 0.15) is 22.8 Å². The van der Waals surface area contributed by atoms with Crippen LogP contribution in [0.2, 0.25) is 5.02 Å². The molecule has 0 spiro atoms. The lowest BCUT2D eigenvalue weighted by Crippen LogP contribution is -2.37. The first kappa shape index (κ1) is 17.9. The molecule has 3 rings (SSSR count). The molecule has 1 fully saturated rings. The van der Waals surface area contributed by atoms with Gasteiger partial charge in [-0.05, 0) is 45.0 Å². The van der Waals surface area contributed by atoms with Gasteiger partial charge in [0.05, 0.1) is 10.6 Å². The van der Waals surface area contributed by atoms with Crippen molar-refractivity contribution in [3.8, 4) is 11.3 Å². The zero-order valence-electron chi connectivity index (χ0n) is 14.1. The van der Waals surface area contributed by atoms with Crippen LogP contribution in [0.15, 0.2) is 22.7 Å². The third kappa shape index (κ3) is 4.02. The molecule has 0 aliphatic carbocycles. The van der Waals surface area contributed by atoms with Crippen LogP contribution in [0, 0.1) is 12.7 Å². The Labute approximate surface area is 151 Å². The number of aromatic nitrogens is 1. The SMILES string of the molecule is Cc1onc(-c2c(F)cccc2Cl)c1C(=O)NCCN1CCCCC1. The van der Waals surface area contributed by atoms with Crippen molar-refractivity contribution in [2.75, 3.05) is 26.2 Å². The molecule has 7 heteroatoms. The van der Waals surface area contributed by atoms with Crippen molar-refractivity contribution in [1.29, 1.82) is 0 Å². The molecule has 1 aliphatic rings. The normalized spacial score (nSPS) is 15.3. The highest BCUT2D eigenvalue weighted by Crippen LogP contribution is 2.33. The van der Waals surface area contributed by atoms with E-state index in [4.69, 9.17) is 16.1 Å². The van der Waals surface area contributed by atoms with Crippen LogP contribution in [-0.2, 0) is 0 Å². The Bertz CT molecular complexity index is 737. The summed E-state index contributed by atoms with van der Waals surface area (Å²) in [5.74, 6) is -0.530. The lowest BCUT2D eigenvalue weighted by molar-refractivity contribution is 0.0945. The van der Waals surface area contributed by atoms with Gasteiger partial charge in [-0.15, -0.1) is 0 Å². The monoisotopic (exact) mass is 365 g/mol. The standard InChI is InChI=1S/C18H21ClFN3O2/c1-12-15(18(24)21-8-11-23-9-3-2-4-10-23)17(22-25-12)16-13(19)6-5-7-14(16)20/h5-7H,2-4,8-11H2,1H3,(H,21,24). The fraction of sp³-hybridized carbons (Fsp3) is 0.444. The van der Waals surface area contributed by atoms with Crippen LogP contribution in [-0.4, -0.2) is 42.1 Å². The molecule has 0 saturated carbocycles. The zero-order chi connectivity index (χ0) is 17.8. The van der Waals surface area contributed by atoms with Crippen molar-refractivity contribution in [3.05, 3.63) is 40.4 Å². The molecule has 0 unspecified atom stereocenters. The first-order valence-electron chi connectivity index (χ1n) is 8.49. The van der Waals surface area contributed by atoms with E-state index in [1.54, 1.807) is 13.0 Å². The van der Waals surface area contributed by atoms with E-state index in [0.29, 0.717) is 12.3 Å². The topological polar surface area (TPSA) is 58.4 Å². The summed E-state index contributed by atoms with van der Waals surface area (Å²) >= 11 is 6.10. The van der Waals surface area contributed by atoms with Gasteiger partial charge in [0, 0.05) is 13.1 Å². The molecule has 1 saturated heterocycles. The summed E-state index contributed by atoms with van der Waals surface area (Å²) in [5, 5.41) is 6.92. The van der Waals surface area contributed by atoms with E-state index in [-0.39, 0.29) is 27.8 Å². The minimum absolute atomic E-state index is 0.0854. The van der Waals surface area contributed by atoms with Gasteiger partial charge >= 0.3 is 0 Å². The molecule has 1 N–H and O–H groups in total. The summed E-state index contributed by atoms with van der Waals surface area (Å²) in [6.45, 7) is 5.08. The quantitative estimate of drug-likeness (QED) is 0.878. The van der Waals surface area contributed by atoms with Crippen molar-refractivity contribution in [3.63, 3.8) is 0 Å². The molecule has 1 amide bonds. The molecular formula is C18H21ClFN3O2. The highest BCUT2D eigenvalue weighted by molar-refractivity contribution is 6.33. The van der Waals surface area contributed by atoms with Crippen LogP contribution in [0.3, 0.4) is 0 Å². The number of nitrogens with one attached hydrogen (secondary N) is 1. The number of hydrogen-bond acceptors (Lipinski definition) is 4. The lowest BCUT2D eigenvalue weighted by atomic mass is 10.0. The Morgan fingerprint density at radius 3 is 2.84 bits per heavy atom. The summed E-state index contributed by atoms with van der Waals surface area (Å²) in [5.41, 5.74) is 0.448. The Morgan fingerprint density at radius 1 is 1.36 bits per heavy atom. The van der Waals surface area contributed by atoms with E-state index in [1.807, 2.05) is 0 Å². The molecular weight excluding hydrogens is 345 g/mol. The largest absolute Gasteiger partial charge is 0.360 e. The molecule has 1 aliphatic heterocycles. The molecule has 5 nitrogen and oxygen atoms in total. The minimum Gasteiger partial charge on any atom is -0.360 e. The molecule has 2 aromatic rings. The van der Waals surface area contributed by atoms with Crippen LogP contribution in [0.4, 0.5) is 4.39 Å². The average molecular weight is 366 g/mol. The number of piperidine rings is 1. The highest BCUT2D eigenvalue weighted by atomic mass is 35.5. The van der Waals surface area contributed by atoms with Gasteiger partial charge in [-0.2, -0.15) is 0 Å². The predicted octanol–water partition coefficient (Wildman–Crippen LogP) is 3.66. The fourth-order valence-corrected chi connectivity index (χ4v) is 3.39. The molecule has 0 radical (unpaired) electrons. The van der Waals surface area contributed by atoms with Crippen molar-refractivity contribution in [2.24, 2.45) is 0 Å². The van der Waals surface area contributed by atoms with Gasteiger partial charge in [-0.3, -0.25) is 4.79 Å². The van der Waals surface area contributed by atoms with Crippen molar-refractivity contribution in [1.82, 2.24) is 15.4 Å². The smallest absolute Gasteiger partial charge is 0.257 e. The number of aryl methyl sites for hydroxylation is 1. The second-order valence-electron chi connectivity index (χ2n) is 6.22. The lowest BCUT2D eigenvalue weighted by Gasteiger charge is -2.26. The van der Waals surface area contributed by atoms with E-state index in [9.17, 15) is 9.18 Å². The molecule has 0 bridgehead atoms. The van der Waals surface area contributed by atoms with E-state index >= 15 is 0 Å². The Balaban J connectivity index is 1.73. The summed E-state index contributed by atoms with van der Waals surface area (Å²) in [7, 11) is 0. The second-order valence-corrected chi connectivity index (χ2v) is 6.62. The average Bonchev–Trinajstić information content (AvgIpc) is 2.97. The van der Waals surface area contributed by atoms with Crippen LogP contribution in [0.25, 0.3) is 11.3 Å². The van der Waals surface area contributed by atoms with Crippen LogP contribution in [0.5, 0.6) is 0 Å². The summed E-state index contributed by atoms with van der Waals surface area (Å²) < 4.78 is 19.3. The molecule has 25 heavy (non-hydrogen) atoms. The van der Waals surface area contributed by atoms with Crippen LogP contribution >= 0.6 is 11.6 Å². The number of halogens is 2. The highest BCUT2D eigenvalue weighted by Gasteiger charge is 2.25.